The number of methoxy groups -OCH3 is 1. The van der Waals surface area contributed by atoms with Crippen LogP contribution < -0.4 is 0 Å². The molecule has 4 nitrogen and oxygen atoms in total. The number of aliphatic carboxylic acids is 1. The average Bonchev–Trinajstić information content (AvgIpc) is 1.98. The van der Waals surface area contributed by atoms with Crippen LogP contribution in [-0.4, -0.2) is 47.8 Å². The molecule has 14 heavy (non-hydrogen) atoms. The zero-order chi connectivity index (χ0) is 11.4. The van der Waals surface area contributed by atoms with Gasteiger partial charge >= 0.3 is 5.97 Å². The summed E-state index contributed by atoms with van der Waals surface area (Å²) >= 11 is 0. The third-order valence-corrected chi connectivity index (χ3v) is 2.11. The van der Waals surface area contributed by atoms with Crippen molar-refractivity contribution in [1.29, 1.82) is 0 Å². The second-order valence-corrected chi connectivity index (χ2v) is 4.50. The van der Waals surface area contributed by atoms with Crippen molar-refractivity contribution in [3.63, 3.8) is 0 Å². The Labute approximate surface area is 85.9 Å². The molecule has 0 aromatic heterocycles. The predicted molar refractivity (Wildman–Crippen MR) is 55.4 cm³/mol. The molecule has 0 bridgehead atoms. The summed E-state index contributed by atoms with van der Waals surface area (Å²) in [4.78, 5) is 12.6. The molecule has 1 unspecified atom stereocenters. The van der Waals surface area contributed by atoms with Crippen LogP contribution in [0.2, 0.25) is 0 Å². The SMILES string of the molecule is COCC(C)N(CC(=O)O)C(C)(C)C. The van der Waals surface area contributed by atoms with Gasteiger partial charge in [0, 0.05) is 18.7 Å². The van der Waals surface area contributed by atoms with E-state index >= 15 is 0 Å². The van der Waals surface area contributed by atoms with Crippen LogP contribution in [0.3, 0.4) is 0 Å². The quantitative estimate of drug-likeness (QED) is 0.729. The van der Waals surface area contributed by atoms with Crippen molar-refractivity contribution in [2.24, 2.45) is 0 Å². The molecule has 0 aromatic carbocycles. The first-order chi connectivity index (χ1) is 6.29. The van der Waals surface area contributed by atoms with Crippen LogP contribution in [0, 0.1) is 0 Å². The molecule has 1 N–H and O–H groups in total. The van der Waals surface area contributed by atoms with E-state index in [1.807, 2.05) is 32.6 Å². The van der Waals surface area contributed by atoms with Crippen molar-refractivity contribution >= 4 is 5.97 Å². The fourth-order valence-corrected chi connectivity index (χ4v) is 1.53. The van der Waals surface area contributed by atoms with Gasteiger partial charge in [-0.25, -0.2) is 0 Å². The second kappa shape index (κ2) is 5.32. The number of carboxylic acids is 1. The van der Waals surface area contributed by atoms with E-state index in [1.165, 1.54) is 0 Å². The number of hydrogen-bond acceptors (Lipinski definition) is 3. The molecule has 0 aliphatic rings. The number of nitrogens with zero attached hydrogens (tertiary/aromatic N) is 1. The van der Waals surface area contributed by atoms with Crippen LogP contribution in [-0.2, 0) is 9.53 Å². The Morgan fingerprint density at radius 2 is 2.00 bits per heavy atom. The van der Waals surface area contributed by atoms with Crippen LogP contribution in [0.25, 0.3) is 0 Å². The van der Waals surface area contributed by atoms with Gasteiger partial charge in [0.2, 0.25) is 0 Å². The predicted octanol–water partition coefficient (Wildman–Crippen LogP) is 1.21. The number of carbonyl (C=O) groups is 1. The van der Waals surface area contributed by atoms with Crippen LogP contribution in [0.1, 0.15) is 27.7 Å². The highest BCUT2D eigenvalue weighted by molar-refractivity contribution is 5.69. The lowest BCUT2D eigenvalue weighted by Gasteiger charge is -2.38. The molecule has 0 rings (SSSR count). The molecule has 0 amide bonds. The Morgan fingerprint density at radius 3 is 2.29 bits per heavy atom. The standard InChI is InChI=1S/C10H21NO3/c1-8(7-14-5)11(6-9(12)13)10(2,3)4/h8H,6-7H2,1-5H3,(H,12,13). The van der Waals surface area contributed by atoms with Crippen LogP contribution in [0.5, 0.6) is 0 Å². The first kappa shape index (κ1) is 13.4. The molecule has 1 atom stereocenters. The third-order valence-electron chi connectivity index (χ3n) is 2.11. The summed E-state index contributed by atoms with van der Waals surface area (Å²) in [6.07, 6.45) is 0. The summed E-state index contributed by atoms with van der Waals surface area (Å²) < 4.78 is 5.03. The molecule has 0 fully saturated rings. The fourth-order valence-electron chi connectivity index (χ4n) is 1.53. The van der Waals surface area contributed by atoms with E-state index in [0.29, 0.717) is 6.61 Å². The summed E-state index contributed by atoms with van der Waals surface area (Å²) in [6.45, 7) is 8.57. The highest BCUT2D eigenvalue weighted by atomic mass is 16.5. The highest BCUT2D eigenvalue weighted by Gasteiger charge is 2.27. The van der Waals surface area contributed by atoms with Crippen molar-refractivity contribution in [2.75, 3.05) is 20.3 Å². The molecule has 0 aromatic rings. The van der Waals surface area contributed by atoms with Gasteiger partial charge in [-0.2, -0.15) is 0 Å². The second-order valence-electron chi connectivity index (χ2n) is 4.50. The average molecular weight is 203 g/mol. The number of rotatable bonds is 5. The Balaban J connectivity index is 4.46. The van der Waals surface area contributed by atoms with Crippen LogP contribution in [0.15, 0.2) is 0 Å². The Bertz CT molecular complexity index is 186. The highest BCUT2D eigenvalue weighted by Crippen LogP contribution is 2.16. The maximum absolute atomic E-state index is 10.7. The first-order valence-electron chi connectivity index (χ1n) is 4.76. The molecule has 0 radical (unpaired) electrons. The molecule has 84 valence electrons. The maximum atomic E-state index is 10.7. The largest absolute Gasteiger partial charge is 0.480 e. The van der Waals surface area contributed by atoms with E-state index in [9.17, 15) is 4.79 Å². The lowest BCUT2D eigenvalue weighted by Crippen LogP contribution is -2.50. The summed E-state index contributed by atoms with van der Waals surface area (Å²) in [5, 5.41) is 8.78. The van der Waals surface area contributed by atoms with Gasteiger partial charge in [0.15, 0.2) is 0 Å². The first-order valence-corrected chi connectivity index (χ1v) is 4.76. The topological polar surface area (TPSA) is 49.8 Å². The molecule has 0 aliphatic heterocycles. The molecule has 4 heteroatoms. The molecule has 0 aliphatic carbocycles. The van der Waals surface area contributed by atoms with Gasteiger partial charge in [0.25, 0.3) is 0 Å². The molecule has 0 heterocycles. The molecule has 0 spiro atoms. The summed E-state index contributed by atoms with van der Waals surface area (Å²) in [6, 6.07) is 0.107. The minimum absolute atomic E-state index is 0.0496. The van der Waals surface area contributed by atoms with Gasteiger partial charge in [-0.05, 0) is 27.7 Å². The van der Waals surface area contributed by atoms with Gasteiger partial charge in [0.05, 0.1) is 13.2 Å². The van der Waals surface area contributed by atoms with Gasteiger partial charge in [-0.3, -0.25) is 9.69 Å². The maximum Gasteiger partial charge on any atom is 0.317 e. The van der Waals surface area contributed by atoms with E-state index < -0.39 is 5.97 Å². The number of hydrogen-bond donors (Lipinski definition) is 1. The molecular formula is C10H21NO3. The van der Waals surface area contributed by atoms with E-state index in [1.54, 1.807) is 7.11 Å². The summed E-state index contributed by atoms with van der Waals surface area (Å²) in [5.74, 6) is -0.803. The summed E-state index contributed by atoms with van der Waals surface area (Å²) in [7, 11) is 1.62. The third kappa shape index (κ3) is 4.58. The number of ether oxygens (including phenoxy) is 1. The minimum atomic E-state index is -0.803. The Morgan fingerprint density at radius 1 is 1.50 bits per heavy atom. The van der Waals surface area contributed by atoms with E-state index in [0.717, 1.165) is 0 Å². The minimum Gasteiger partial charge on any atom is -0.480 e. The van der Waals surface area contributed by atoms with Gasteiger partial charge in [0.1, 0.15) is 0 Å². The zero-order valence-corrected chi connectivity index (χ0v) is 9.70. The van der Waals surface area contributed by atoms with Crippen LogP contribution in [0.4, 0.5) is 0 Å². The molecule has 0 saturated carbocycles. The van der Waals surface area contributed by atoms with Crippen molar-refractivity contribution in [1.82, 2.24) is 4.90 Å². The normalized spacial score (nSPS) is 14.4. The van der Waals surface area contributed by atoms with E-state index in [4.69, 9.17) is 9.84 Å². The van der Waals surface area contributed by atoms with Gasteiger partial charge in [-0.15, -0.1) is 0 Å². The molecular weight excluding hydrogens is 182 g/mol. The van der Waals surface area contributed by atoms with E-state index in [-0.39, 0.29) is 18.1 Å². The molecule has 0 saturated heterocycles. The van der Waals surface area contributed by atoms with Gasteiger partial charge in [-0.1, -0.05) is 0 Å². The zero-order valence-electron chi connectivity index (χ0n) is 9.70. The van der Waals surface area contributed by atoms with Crippen molar-refractivity contribution < 1.29 is 14.6 Å². The summed E-state index contributed by atoms with van der Waals surface area (Å²) in [5.41, 5.74) is -0.156. The Hall–Kier alpha value is -0.610. The fraction of sp³-hybridized carbons (Fsp3) is 0.900. The van der Waals surface area contributed by atoms with Crippen molar-refractivity contribution in [3.05, 3.63) is 0 Å². The van der Waals surface area contributed by atoms with Crippen LogP contribution >= 0.6 is 0 Å². The van der Waals surface area contributed by atoms with E-state index in [2.05, 4.69) is 0 Å². The lowest BCUT2D eigenvalue weighted by molar-refractivity contribution is -0.141. The van der Waals surface area contributed by atoms with Gasteiger partial charge < -0.3 is 9.84 Å². The smallest absolute Gasteiger partial charge is 0.317 e. The number of carboxylic acid groups (broad SMARTS) is 1. The van der Waals surface area contributed by atoms with Crippen molar-refractivity contribution in [3.8, 4) is 0 Å². The lowest BCUT2D eigenvalue weighted by atomic mass is 10.0. The monoisotopic (exact) mass is 203 g/mol. The Kier molecular flexibility index (Phi) is 5.08. The van der Waals surface area contributed by atoms with Crippen molar-refractivity contribution in [2.45, 2.75) is 39.3 Å².